The van der Waals surface area contributed by atoms with Gasteiger partial charge in [-0.2, -0.15) is 0 Å². The van der Waals surface area contributed by atoms with Crippen molar-refractivity contribution in [2.45, 2.75) is 13.8 Å². The van der Waals surface area contributed by atoms with E-state index in [-0.39, 0.29) is 5.91 Å². The predicted molar refractivity (Wildman–Crippen MR) is 87.7 cm³/mol. The monoisotopic (exact) mass is 348 g/mol. The van der Waals surface area contributed by atoms with Crippen molar-refractivity contribution in [2.24, 2.45) is 0 Å². The van der Waals surface area contributed by atoms with Gasteiger partial charge in [0.05, 0.1) is 17.4 Å². The van der Waals surface area contributed by atoms with Crippen LogP contribution in [0.1, 0.15) is 24.2 Å². The van der Waals surface area contributed by atoms with Gasteiger partial charge in [0.25, 0.3) is 5.91 Å². The van der Waals surface area contributed by atoms with Crippen LogP contribution in [0.2, 0.25) is 0 Å². The molecule has 110 valence electrons. The Bertz CT molecular complexity index is 611. The van der Waals surface area contributed by atoms with Crippen LogP contribution in [0.4, 0.5) is 11.5 Å². The third kappa shape index (κ3) is 4.01. The van der Waals surface area contributed by atoms with E-state index in [0.29, 0.717) is 11.3 Å². The van der Waals surface area contributed by atoms with Gasteiger partial charge in [-0.05, 0) is 48.0 Å². The van der Waals surface area contributed by atoms with Crippen LogP contribution in [-0.2, 0) is 0 Å². The van der Waals surface area contributed by atoms with Gasteiger partial charge in [0.15, 0.2) is 0 Å². The summed E-state index contributed by atoms with van der Waals surface area (Å²) in [6, 6.07) is 5.48. The van der Waals surface area contributed by atoms with Gasteiger partial charge in [-0.3, -0.25) is 9.78 Å². The Morgan fingerprint density at radius 2 is 2.00 bits per heavy atom. The molecule has 1 amide bonds. The van der Waals surface area contributed by atoms with Crippen LogP contribution < -0.4 is 10.2 Å². The number of nitrogens with one attached hydrogen (secondary N) is 1. The highest BCUT2D eigenvalue weighted by Crippen LogP contribution is 2.15. The number of amides is 1. The largest absolute Gasteiger partial charge is 0.357 e. The molecule has 1 N–H and O–H groups in total. The third-order valence-corrected chi connectivity index (χ3v) is 3.49. The van der Waals surface area contributed by atoms with Crippen molar-refractivity contribution in [3.8, 4) is 0 Å². The molecule has 0 fully saturated rings. The highest BCUT2D eigenvalue weighted by atomic mass is 79.9. The smallest absolute Gasteiger partial charge is 0.257 e. The molecule has 0 aliphatic rings. The maximum atomic E-state index is 12.1. The molecule has 2 heterocycles. The second-order valence-corrected chi connectivity index (χ2v) is 5.34. The fourth-order valence-corrected chi connectivity index (χ4v) is 2.30. The summed E-state index contributed by atoms with van der Waals surface area (Å²) >= 11 is 3.30. The number of rotatable bonds is 5. The maximum absolute atomic E-state index is 12.1. The van der Waals surface area contributed by atoms with Crippen molar-refractivity contribution < 1.29 is 4.79 Å². The second-order valence-electron chi connectivity index (χ2n) is 4.42. The number of anilines is 2. The molecule has 0 aliphatic carbocycles. The van der Waals surface area contributed by atoms with Gasteiger partial charge in [-0.15, -0.1) is 0 Å². The Labute approximate surface area is 132 Å². The zero-order valence-electron chi connectivity index (χ0n) is 12.0. The molecule has 5 nitrogen and oxygen atoms in total. The molecule has 6 heteroatoms. The number of halogens is 1. The van der Waals surface area contributed by atoms with Gasteiger partial charge in [0, 0.05) is 30.0 Å². The van der Waals surface area contributed by atoms with Crippen LogP contribution in [0.15, 0.2) is 41.3 Å². The number of carbonyl (C=O) groups excluding carboxylic acids is 1. The van der Waals surface area contributed by atoms with Crippen LogP contribution in [0.5, 0.6) is 0 Å². The van der Waals surface area contributed by atoms with Crippen LogP contribution in [0.3, 0.4) is 0 Å². The molecule has 0 aromatic carbocycles. The molecule has 0 aliphatic heterocycles. The molecular formula is C15H17BrN4O. The van der Waals surface area contributed by atoms with Crippen molar-refractivity contribution in [3.63, 3.8) is 0 Å². The molecule has 2 aromatic heterocycles. The molecular weight excluding hydrogens is 332 g/mol. The summed E-state index contributed by atoms with van der Waals surface area (Å²) < 4.78 is 0.769. The lowest BCUT2D eigenvalue weighted by atomic mass is 10.2. The Morgan fingerprint density at radius 1 is 1.24 bits per heavy atom. The van der Waals surface area contributed by atoms with Crippen LogP contribution in [0.25, 0.3) is 0 Å². The molecule has 0 unspecified atom stereocenters. The van der Waals surface area contributed by atoms with E-state index in [9.17, 15) is 4.79 Å². The average Bonchev–Trinajstić information content (AvgIpc) is 2.50. The standard InChI is InChI=1S/C15H17BrN4O/c1-3-20(4-2)14-6-5-13(10-18-14)19-15(21)11-7-12(16)9-17-8-11/h5-10H,3-4H2,1-2H3,(H,19,21). The number of hydrogen-bond acceptors (Lipinski definition) is 4. The first-order valence-corrected chi connectivity index (χ1v) is 7.56. The van der Waals surface area contributed by atoms with Gasteiger partial charge < -0.3 is 10.2 Å². The Kier molecular flexibility index (Phi) is 5.27. The molecule has 0 atom stereocenters. The quantitative estimate of drug-likeness (QED) is 0.900. The van der Waals surface area contributed by atoms with E-state index < -0.39 is 0 Å². The van der Waals surface area contributed by atoms with Gasteiger partial charge in [-0.1, -0.05) is 0 Å². The molecule has 0 saturated heterocycles. The Hall–Kier alpha value is -1.95. The highest BCUT2D eigenvalue weighted by Gasteiger charge is 2.08. The topological polar surface area (TPSA) is 58.1 Å². The number of hydrogen-bond donors (Lipinski definition) is 1. The Balaban J connectivity index is 2.08. The number of pyridine rings is 2. The van der Waals surface area contributed by atoms with Crippen molar-refractivity contribution in [2.75, 3.05) is 23.3 Å². The molecule has 0 saturated carbocycles. The van der Waals surface area contributed by atoms with Gasteiger partial charge in [0.2, 0.25) is 0 Å². The molecule has 0 bridgehead atoms. The van der Waals surface area contributed by atoms with Crippen LogP contribution in [0, 0.1) is 0 Å². The minimum atomic E-state index is -0.207. The van der Waals surface area contributed by atoms with Crippen molar-refractivity contribution in [1.29, 1.82) is 0 Å². The minimum absolute atomic E-state index is 0.207. The lowest BCUT2D eigenvalue weighted by molar-refractivity contribution is 0.102. The van der Waals surface area contributed by atoms with Crippen LogP contribution >= 0.6 is 15.9 Å². The second kappa shape index (κ2) is 7.17. The molecule has 0 spiro atoms. The SMILES string of the molecule is CCN(CC)c1ccc(NC(=O)c2cncc(Br)c2)cn1. The summed E-state index contributed by atoms with van der Waals surface area (Å²) in [5.74, 6) is 0.698. The predicted octanol–water partition coefficient (Wildman–Crippen LogP) is 3.34. The first kappa shape index (κ1) is 15.4. The minimum Gasteiger partial charge on any atom is -0.357 e. The molecule has 0 radical (unpaired) electrons. The molecule has 21 heavy (non-hydrogen) atoms. The fraction of sp³-hybridized carbons (Fsp3) is 0.267. The summed E-state index contributed by atoms with van der Waals surface area (Å²) in [6.45, 7) is 5.97. The molecule has 2 rings (SSSR count). The van der Waals surface area contributed by atoms with E-state index in [1.165, 1.54) is 6.20 Å². The maximum Gasteiger partial charge on any atom is 0.257 e. The average molecular weight is 349 g/mol. The summed E-state index contributed by atoms with van der Waals surface area (Å²) in [4.78, 5) is 22.6. The van der Waals surface area contributed by atoms with Crippen LogP contribution in [-0.4, -0.2) is 29.0 Å². The lowest BCUT2D eigenvalue weighted by Crippen LogP contribution is -2.22. The summed E-state index contributed by atoms with van der Waals surface area (Å²) in [5, 5.41) is 2.81. The van der Waals surface area contributed by atoms with E-state index in [1.54, 1.807) is 18.5 Å². The Morgan fingerprint density at radius 3 is 2.57 bits per heavy atom. The first-order chi connectivity index (χ1) is 10.1. The van der Waals surface area contributed by atoms with Crippen molar-refractivity contribution in [1.82, 2.24) is 9.97 Å². The van der Waals surface area contributed by atoms with E-state index in [2.05, 4.69) is 50.0 Å². The third-order valence-electron chi connectivity index (χ3n) is 3.06. The number of nitrogens with zero attached hydrogens (tertiary/aromatic N) is 3. The van der Waals surface area contributed by atoms with Gasteiger partial charge >= 0.3 is 0 Å². The van der Waals surface area contributed by atoms with Gasteiger partial charge in [0.1, 0.15) is 5.82 Å². The van der Waals surface area contributed by atoms with Gasteiger partial charge in [-0.25, -0.2) is 4.98 Å². The number of carbonyl (C=O) groups is 1. The summed E-state index contributed by atoms with van der Waals surface area (Å²) in [5.41, 5.74) is 1.16. The van der Waals surface area contributed by atoms with Crippen molar-refractivity contribution in [3.05, 3.63) is 46.8 Å². The van der Waals surface area contributed by atoms with E-state index in [0.717, 1.165) is 23.4 Å². The zero-order chi connectivity index (χ0) is 15.2. The van der Waals surface area contributed by atoms with E-state index in [4.69, 9.17) is 0 Å². The van der Waals surface area contributed by atoms with E-state index >= 15 is 0 Å². The first-order valence-electron chi connectivity index (χ1n) is 6.77. The lowest BCUT2D eigenvalue weighted by Gasteiger charge is -2.19. The zero-order valence-corrected chi connectivity index (χ0v) is 13.6. The highest BCUT2D eigenvalue weighted by molar-refractivity contribution is 9.10. The summed E-state index contributed by atoms with van der Waals surface area (Å²) in [7, 11) is 0. The van der Waals surface area contributed by atoms with Crippen molar-refractivity contribution >= 4 is 33.3 Å². The number of aromatic nitrogens is 2. The normalized spacial score (nSPS) is 10.2. The molecule has 2 aromatic rings. The van der Waals surface area contributed by atoms with E-state index in [1.807, 2.05) is 12.1 Å². The summed E-state index contributed by atoms with van der Waals surface area (Å²) in [6.07, 6.45) is 4.83. The fourth-order valence-electron chi connectivity index (χ4n) is 1.93.